The number of nitrogens with zero attached hydrogens (tertiary/aromatic N) is 1. The van der Waals surface area contributed by atoms with Crippen LogP contribution in [-0.4, -0.2) is 12.1 Å². The van der Waals surface area contributed by atoms with Crippen LogP contribution in [0.1, 0.15) is 0 Å². The summed E-state index contributed by atoms with van der Waals surface area (Å²) in [5.41, 5.74) is 9.32. The van der Waals surface area contributed by atoms with Crippen molar-refractivity contribution in [3.8, 4) is 5.75 Å². The smallest absolute Gasteiger partial charge is 0.142 e. The molecule has 5 heteroatoms. The largest absolute Gasteiger partial charge is 0.495 e. The molecule has 0 saturated heterocycles. The molecule has 4 nitrogen and oxygen atoms in total. The Morgan fingerprint density at radius 3 is 2.76 bits per heavy atom. The van der Waals surface area contributed by atoms with Crippen molar-refractivity contribution < 1.29 is 4.74 Å². The Bertz CT molecular complexity index is 805. The van der Waals surface area contributed by atoms with Gasteiger partial charge in [0.2, 0.25) is 0 Å². The van der Waals surface area contributed by atoms with E-state index < -0.39 is 0 Å². The van der Waals surface area contributed by atoms with Gasteiger partial charge in [-0.2, -0.15) is 0 Å². The van der Waals surface area contributed by atoms with Crippen LogP contribution in [0.15, 0.2) is 53.1 Å². The second kappa shape index (κ2) is 5.61. The molecule has 3 aromatic rings. The lowest BCUT2D eigenvalue weighted by Gasteiger charge is -2.13. The number of methoxy groups -OCH3 is 1. The van der Waals surface area contributed by atoms with Gasteiger partial charge in [0.25, 0.3) is 0 Å². The van der Waals surface area contributed by atoms with Crippen LogP contribution in [0.5, 0.6) is 5.75 Å². The fraction of sp³-hybridized carbons (Fsp3) is 0.0625. The number of aromatic nitrogens is 1. The third-order valence-electron chi connectivity index (χ3n) is 3.23. The van der Waals surface area contributed by atoms with Crippen LogP contribution in [0.2, 0.25) is 0 Å². The summed E-state index contributed by atoms with van der Waals surface area (Å²) >= 11 is 3.42. The molecule has 0 amide bonds. The van der Waals surface area contributed by atoms with Gasteiger partial charge in [-0.1, -0.05) is 12.1 Å². The Balaban J connectivity index is 2.11. The van der Waals surface area contributed by atoms with E-state index in [-0.39, 0.29) is 0 Å². The third kappa shape index (κ3) is 2.64. The van der Waals surface area contributed by atoms with Crippen molar-refractivity contribution in [1.29, 1.82) is 0 Å². The molecule has 1 aromatic heterocycles. The number of hydrogen-bond acceptors (Lipinski definition) is 4. The molecule has 1 heterocycles. The van der Waals surface area contributed by atoms with Gasteiger partial charge in [-0.3, -0.25) is 4.98 Å². The SMILES string of the molecule is COc1ccccc1Nc1ccc(N)c2cc(Br)cnc12. The normalized spacial score (nSPS) is 10.6. The number of hydrogen-bond donors (Lipinski definition) is 2. The summed E-state index contributed by atoms with van der Waals surface area (Å²) in [6.45, 7) is 0. The zero-order chi connectivity index (χ0) is 14.8. The van der Waals surface area contributed by atoms with Gasteiger partial charge in [0.1, 0.15) is 5.75 Å². The summed E-state index contributed by atoms with van der Waals surface area (Å²) in [7, 11) is 1.65. The van der Waals surface area contributed by atoms with Gasteiger partial charge in [-0.05, 0) is 46.3 Å². The van der Waals surface area contributed by atoms with Crippen LogP contribution in [0.25, 0.3) is 10.9 Å². The lowest BCUT2D eigenvalue weighted by atomic mass is 10.1. The van der Waals surface area contributed by atoms with E-state index in [0.29, 0.717) is 5.69 Å². The van der Waals surface area contributed by atoms with Crippen LogP contribution in [0.3, 0.4) is 0 Å². The van der Waals surface area contributed by atoms with Gasteiger partial charge in [0.15, 0.2) is 0 Å². The lowest BCUT2D eigenvalue weighted by molar-refractivity contribution is 0.417. The van der Waals surface area contributed by atoms with E-state index in [0.717, 1.165) is 32.5 Å². The monoisotopic (exact) mass is 343 g/mol. The van der Waals surface area contributed by atoms with E-state index in [9.17, 15) is 0 Å². The van der Waals surface area contributed by atoms with Crippen molar-refractivity contribution in [2.24, 2.45) is 0 Å². The standard InChI is InChI=1S/C16H14BrN3O/c1-21-15-5-3-2-4-13(15)20-14-7-6-12(18)11-8-10(17)9-19-16(11)14/h2-9,20H,18H2,1H3. The Morgan fingerprint density at radius 2 is 1.95 bits per heavy atom. The zero-order valence-corrected chi connectivity index (χ0v) is 13.0. The van der Waals surface area contributed by atoms with Crippen LogP contribution in [0, 0.1) is 0 Å². The molecule has 0 bridgehead atoms. The molecule has 0 aliphatic carbocycles. The molecule has 21 heavy (non-hydrogen) atoms. The van der Waals surface area contributed by atoms with Gasteiger partial charge < -0.3 is 15.8 Å². The van der Waals surface area contributed by atoms with E-state index >= 15 is 0 Å². The first kappa shape index (κ1) is 13.7. The number of pyridine rings is 1. The van der Waals surface area contributed by atoms with Gasteiger partial charge in [-0.15, -0.1) is 0 Å². The Labute approximate surface area is 131 Å². The molecule has 106 valence electrons. The molecule has 0 aliphatic rings. The molecule has 0 unspecified atom stereocenters. The maximum atomic E-state index is 6.03. The van der Waals surface area contributed by atoms with E-state index in [1.807, 2.05) is 42.5 Å². The fourth-order valence-electron chi connectivity index (χ4n) is 2.21. The summed E-state index contributed by atoms with van der Waals surface area (Å²) in [5, 5.41) is 4.26. The van der Waals surface area contributed by atoms with Crippen LogP contribution >= 0.6 is 15.9 Å². The van der Waals surface area contributed by atoms with Crippen molar-refractivity contribution in [2.75, 3.05) is 18.2 Å². The van der Waals surface area contributed by atoms with Crippen molar-refractivity contribution in [3.63, 3.8) is 0 Å². The maximum Gasteiger partial charge on any atom is 0.142 e. The van der Waals surface area contributed by atoms with E-state index in [2.05, 4.69) is 26.2 Å². The number of halogens is 1. The second-order valence-electron chi connectivity index (χ2n) is 4.58. The minimum Gasteiger partial charge on any atom is -0.495 e. The van der Waals surface area contributed by atoms with Crippen molar-refractivity contribution in [3.05, 3.63) is 53.1 Å². The molecule has 0 aliphatic heterocycles. The summed E-state index contributed by atoms with van der Waals surface area (Å²) in [6.07, 6.45) is 1.76. The van der Waals surface area contributed by atoms with Gasteiger partial charge >= 0.3 is 0 Å². The number of rotatable bonds is 3. The Kier molecular flexibility index (Phi) is 3.66. The number of benzene rings is 2. The number of nitrogens with one attached hydrogen (secondary N) is 1. The molecule has 2 aromatic carbocycles. The maximum absolute atomic E-state index is 6.03. The molecule has 3 rings (SSSR count). The minimum absolute atomic E-state index is 0.698. The predicted molar refractivity (Wildman–Crippen MR) is 90.1 cm³/mol. The van der Waals surface area contributed by atoms with E-state index in [1.54, 1.807) is 13.3 Å². The summed E-state index contributed by atoms with van der Waals surface area (Å²) in [5.74, 6) is 0.777. The topological polar surface area (TPSA) is 60.2 Å². The number of anilines is 3. The number of fused-ring (bicyclic) bond motifs is 1. The highest BCUT2D eigenvalue weighted by Gasteiger charge is 2.08. The number of nitrogens with two attached hydrogens (primary N) is 1. The first-order valence-electron chi connectivity index (χ1n) is 6.43. The Morgan fingerprint density at radius 1 is 1.14 bits per heavy atom. The average molecular weight is 344 g/mol. The predicted octanol–water partition coefficient (Wildman–Crippen LogP) is 4.33. The number of ether oxygens (including phenoxy) is 1. The van der Waals surface area contributed by atoms with Gasteiger partial charge in [0.05, 0.1) is 24.0 Å². The highest BCUT2D eigenvalue weighted by molar-refractivity contribution is 9.10. The fourth-order valence-corrected chi connectivity index (χ4v) is 2.54. The van der Waals surface area contributed by atoms with Gasteiger partial charge in [0, 0.05) is 21.7 Å². The van der Waals surface area contributed by atoms with Crippen molar-refractivity contribution in [1.82, 2.24) is 4.98 Å². The summed E-state index contributed by atoms with van der Waals surface area (Å²) in [4.78, 5) is 4.46. The summed E-state index contributed by atoms with van der Waals surface area (Å²) in [6, 6.07) is 13.5. The van der Waals surface area contributed by atoms with E-state index in [4.69, 9.17) is 10.5 Å². The first-order valence-corrected chi connectivity index (χ1v) is 7.22. The zero-order valence-electron chi connectivity index (χ0n) is 11.4. The highest BCUT2D eigenvalue weighted by atomic mass is 79.9. The third-order valence-corrected chi connectivity index (χ3v) is 3.66. The average Bonchev–Trinajstić information content (AvgIpc) is 2.51. The van der Waals surface area contributed by atoms with Crippen LogP contribution in [-0.2, 0) is 0 Å². The molecular formula is C16H14BrN3O. The van der Waals surface area contributed by atoms with E-state index in [1.165, 1.54) is 0 Å². The molecule has 0 fully saturated rings. The molecular weight excluding hydrogens is 330 g/mol. The molecule has 0 spiro atoms. The molecule has 0 radical (unpaired) electrons. The molecule has 0 atom stereocenters. The molecule has 3 N–H and O–H groups in total. The minimum atomic E-state index is 0.698. The molecule has 0 saturated carbocycles. The van der Waals surface area contributed by atoms with Crippen molar-refractivity contribution >= 4 is 43.9 Å². The number of para-hydroxylation sites is 2. The lowest BCUT2D eigenvalue weighted by Crippen LogP contribution is -1.97. The second-order valence-corrected chi connectivity index (χ2v) is 5.49. The summed E-state index contributed by atoms with van der Waals surface area (Å²) < 4.78 is 6.26. The van der Waals surface area contributed by atoms with Gasteiger partial charge in [-0.25, -0.2) is 0 Å². The first-order chi connectivity index (χ1) is 10.2. The number of nitrogen functional groups attached to an aromatic ring is 1. The van der Waals surface area contributed by atoms with Crippen LogP contribution < -0.4 is 15.8 Å². The highest BCUT2D eigenvalue weighted by Crippen LogP contribution is 2.33. The van der Waals surface area contributed by atoms with Crippen LogP contribution in [0.4, 0.5) is 17.1 Å². The Hall–Kier alpha value is -2.27. The quantitative estimate of drug-likeness (QED) is 0.694. The van der Waals surface area contributed by atoms with Crippen molar-refractivity contribution in [2.45, 2.75) is 0 Å².